The molecule has 0 aliphatic heterocycles. The molecule has 1 amide bonds. The molecule has 4 aromatic heterocycles. The molecular formula is C18H17N7O2. The summed E-state index contributed by atoms with van der Waals surface area (Å²) in [6.45, 7) is 0.441. The van der Waals surface area contributed by atoms with Crippen molar-refractivity contribution in [2.24, 2.45) is 0 Å². The molecule has 0 atom stereocenters. The number of aryl methyl sites for hydroxylation is 1. The van der Waals surface area contributed by atoms with Crippen molar-refractivity contribution in [3.05, 3.63) is 70.7 Å². The second-order valence-corrected chi connectivity index (χ2v) is 6.03. The Balaban J connectivity index is 1.32. The van der Waals surface area contributed by atoms with E-state index in [0.717, 1.165) is 11.5 Å². The van der Waals surface area contributed by atoms with E-state index >= 15 is 0 Å². The molecule has 0 fully saturated rings. The molecule has 0 radical (unpaired) electrons. The molecule has 9 nitrogen and oxygen atoms in total. The van der Waals surface area contributed by atoms with Crippen molar-refractivity contribution >= 4 is 17.2 Å². The Bertz CT molecular complexity index is 1170. The van der Waals surface area contributed by atoms with Gasteiger partial charge in [0.05, 0.1) is 0 Å². The Morgan fingerprint density at radius 1 is 0.889 bits per heavy atom. The molecule has 4 rings (SSSR count). The number of amides is 1. The zero-order valence-corrected chi connectivity index (χ0v) is 14.4. The molecule has 0 aliphatic carbocycles. The van der Waals surface area contributed by atoms with Crippen LogP contribution in [0.1, 0.15) is 17.9 Å². The first-order valence-corrected chi connectivity index (χ1v) is 8.61. The van der Waals surface area contributed by atoms with E-state index in [0.29, 0.717) is 18.6 Å². The van der Waals surface area contributed by atoms with E-state index < -0.39 is 0 Å². The summed E-state index contributed by atoms with van der Waals surface area (Å²) in [5.74, 6) is 0.632. The van der Waals surface area contributed by atoms with E-state index in [1.54, 1.807) is 24.4 Å². The molecule has 27 heavy (non-hydrogen) atoms. The van der Waals surface area contributed by atoms with Crippen LogP contribution in [0.15, 0.2) is 53.6 Å². The lowest BCUT2D eigenvalue weighted by atomic mass is 10.2. The zero-order chi connectivity index (χ0) is 18.6. The van der Waals surface area contributed by atoms with Crippen molar-refractivity contribution in [1.29, 1.82) is 0 Å². The standard InChI is InChI=1S/C18H17N7O2/c26-17(19-10-9-16-23-22-14-5-1-3-11-24(14)16)8-7-13-18(27)25-12-4-2-6-15(25)21-20-13/h1-6,11-12H,7-10H2,(H,19,26). The number of hydrogen-bond acceptors (Lipinski definition) is 6. The van der Waals surface area contributed by atoms with Crippen molar-refractivity contribution in [2.45, 2.75) is 19.3 Å². The topological polar surface area (TPSA) is 107 Å². The molecule has 9 heteroatoms. The van der Waals surface area contributed by atoms with Crippen molar-refractivity contribution in [3.8, 4) is 0 Å². The predicted molar refractivity (Wildman–Crippen MR) is 97.3 cm³/mol. The number of carbonyl (C=O) groups excluding carboxylic acids is 1. The zero-order valence-electron chi connectivity index (χ0n) is 14.4. The fraction of sp³-hybridized carbons (Fsp3) is 0.222. The first-order valence-electron chi connectivity index (χ1n) is 8.61. The number of carbonyl (C=O) groups is 1. The number of fused-ring (bicyclic) bond motifs is 2. The summed E-state index contributed by atoms with van der Waals surface area (Å²) in [6.07, 6.45) is 4.50. The van der Waals surface area contributed by atoms with Crippen molar-refractivity contribution in [1.82, 2.24) is 34.5 Å². The van der Waals surface area contributed by atoms with Crippen molar-refractivity contribution in [3.63, 3.8) is 0 Å². The molecule has 0 aromatic carbocycles. The van der Waals surface area contributed by atoms with Crippen LogP contribution in [0.4, 0.5) is 0 Å². The van der Waals surface area contributed by atoms with Gasteiger partial charge in [-0.15, -0.1) is 20.4 Å². The Kier molecular flexibility index (Phi) is 4.56. The average Bonchev–Trinajstić information content (AvgIpc) is 3.11. The molecule has 0 unspecified atom stereocenters. The summed E-state index contributed by atoms with van der Waals surface area (Å²) in [6, 6.07) is 10.9. The highest BCUT2D eigenvalue weighted by Crippen LogP contribution is 2.03. The van der Waals surface area contributed by atoms with Crippen LogP contribution in [0, 0.1) is 0 Å². The van der Waals surface area contributed by atoms with E-state index in [-0.39, 0.29) is 30.0 Å². The van der Waals surface area contributed by atoms with Crippen LogP contribution in [0.5, 0.6) is 0 Å². The molecule has 4 aromatic rings. The van der Waals surface area contributed by atoms with Gasteiger partial charge in [-0.2, -0.15) is 0 Å². The Morgan fingerprint density at radius 3 is 2.41 bits per heavy atom. The number of rotatable bonds is 6. The van der Waals surface area contributed by atoms with Crippen LogP contribution in [0.25, 0.3) is 11.3 Å². The van der Waals surface area contributed by atoms with Crippen molar-refractivity contribution in [2.75, 3.05) is 6.54 Å². The molecule has 1 N–H and O–H groups in total. The minimum Gasteiger partial charge on any atom is -0.356 e. The van der Waals surface area contributed by atoms with Gasteiger partial charge in [0.1, 0.15) is 11.5 Å². The maximum absolute atomic E-state index is 12.3. The number of pyridine rings is 2. The molecule has 4 heterocycles. The average molecular weight is 363 g/mol. The molecule has 0 bridgehead atoms. The fourth-order valence-corrected chi connectivity index (χ4v) is 2.83. The second kappa shape index (κ2) is 7.32. The van der Waals surface area contributed by atoms with Gasteiger partial charge in [-0.1, -0.05) is 12.1 Å². The van der Waals surface area contributed by atoms with E-state index in [2.05, 4.69) is 25.7 Å². The third kappa shape index (κ3) is 3.52. The third-order valence-corrected chi connectivity index (χ3v) is 4.22. The lowest BCUT2D eigenvalue weighted by molar-refractivity contribution is -0.121. The van der Waals surface area contributed by atoms with Gasteiger partial charge in [-0.05, 0) is 24.3 Å². The van der Waals surface area contributed by atoms with E-state index in [9.17, 15) is 9.59 Å². The van der Waals surface area contributed by atoms with E-state index in [1.807, 2.05) is 28.8 Å². The lowest BCUT2D eigenvalue weighted by Gasteiger charge is -2.05. The largest absolute Gasteiger partial charge is 0.356 e. The second-order valence-electron chi connectivity index (χ2n) is 6.03. The Hall–Kier alpha value is -3.62. The quantitative estimate of drug-likeness (QED) is 0.532. The Labute approximate surface area is 153 Å². The van der Waals surface area contributed by atoms with E-state index in [1.165, 1.54) is 4.40 Å². The van der Waals surface area contributed by atoms with Crippen LogP contribution >= 0.6 is 0 Å². The van der Waals surface area contributed by atoms with Crippen LogP contribution in [-0.2, 0) is 17.6 Å². The normalized spacial score (nSPS) is 11.1. The summed E-state index contributed by atoms with van der Waals surface area (Å²) in [4.78, 5) is 24.4. The number of nitrogens with one attached hydrogen (secondary N) is 1. The Morgan fingerprint density at radius 2 is 1.59 bits per heavy atom. The number of aromatic nitrogens is 6. The monoisotopic (exact) mass is 363 g/mol. The van der Waals surface area contributed by atoms with Crippen LogP contribution < -0.4 is 10.9 Å². The van der Waals surface area contributed by atoms with Gasteiger partial charge in [0.25, 0.3) is 5.56 Å². The number of hydrogen-bond donors (Lipinski definition) is 1. The SMILES string of the molecule is O=C(CCc1nnc2ccccn2c1=O)NCCc1nnc2ccccn12. The summed E-state index contributed by atoms with van der Waals surface area (Å²) in [5, 5.41) is 19.0. The van der Waals surface area contributed by atoms with Crippen LogP contribution in [0.3, 0.4) is 0 Å². The van der Waals surface area contributed by atoms with Gasteiger partial charge in [-0.25, -0.2) is 0 Å². The maximum atomic E-state index is 12.3. The van der Waals surface area contributed by atoms with Gasteiger partial charge in [-0.3, -0.25) is 18.4 Å². The highest BCUT2D eigenvalue weighted by atomic mass is 16.1. The van der Waals surface area contributed by atoms with E-state index in [4.69, 9.17) is 0 Å². The highest BCUT2D eigenvalue weighted by Gasteiger charge is 2.10. The van der Waals surface area contributed by atoms with Gasteiger partial charge in [0.2, 0.25) is 5.91 Å². The van der Waals surface area contributed by atoms with Crippen molar-refractivity contribution < 1.29 is 4.79 Å². The summed E-state index contributed by atoms with van der Waals surface area (Å²) < 4.78 is 3.31. The molecular weight excluding hydrogens is 346 g/mol. The van der Waals surface area contributed by atoms with Gasteiger partial charge in [0.15, 0.2) is 11.3 Å². The van der Waals surface area contributed by atoms with Crippen LogP contribution in [-0.4, -0.2) is 41.6 Å². The summed E-state index contributed by atoms with van der Waals surface area (Å²) in [7, 11) is 0. The third-order valence-electron chi connectivity index (χ3n) is 4.22. The van der Waals surface area contributed by atoms with Gasteiger partial charge < -0.3 is 5.32 Å². The first kappa shape index (κ1) is 16.8. The maximum Gasteiger partial charge on any atom is 0.279 e. The molecule has 0 saturated carbocycles. The van der Waals surface area contributed by atoms with Gasteiger partial charge >= 0.3 is 0 Å². The minimum atomic E-state index is -0.247. The molecule has 0 spiro atoms. The first-order chi connectivity index (χ1) is 13.2. The molecule has 0 saturated heterocycles. The fourth-order valence-electron chi connectivity index (χ4n) is 2.83. The minimum absolute atomic E-state index is 0.150. The molecule has 136 valence electrons. The smallest absolute Gasteiger partial charge is 0.279 e. The summed E-state index contributed by atoms with van der Waals surface area (Å²) >= 11 is 0. The van der Waals surface area contributed by atoms with Gasteiger partial charge in [0, 0.05) is 38.2 Å². The lowest BCUT2D eigenvalue weighted by Crippen LogP contribution is -2.28. The van der Waals surface area contributed by atoms with Crippen LogP contribution in [0.2, 0.25) is 0 Å². The molecule has 0 aliphatic rings. The predicted octanol–water partition coefficient (Wildman–Crippen LogP) is 0.424. The summed E-state index contributed by atoms with van der Waals surface area (Å²) in [5.41, 5.74) is 1.28. The number of nitrogens with zero attached hydrogens (tertiary/aromatic N) is 6. The highest BCUT2D eigenvalue weighted by molar-refractivity contribution is 5.76.